The monoisotopic (exact) mass is 446 g/mol. The minimum absolute atomic E-state index is 0.0211. The van der Waals surface area contributed by atoms with Gasteiger partial charge in [-0.25, -0.2) is 9.78 Å². The number of carbonyl (C=O) groups is 1. The molecule has 4 aromatic rings. The van der Waals surface area contributed by atoms with E-state index in [0.717, 1.165) is 24.2 Å². The van der Waals surface area contributed by atoms with Crippen molar-refractivity contribution in [3.63, 3.8) is 0 Å². The SMILES string of the molecule is Cn1c(=O)c2c(ncn2CC(=O)N2CCN(Cc3cccc4ccccc34)CC2)n(C)c1=O. The smallest absolute Gasteiger partial charge is 0.332 e. The molecule has 0 saturated carbocycles. The molecular weight excluding hydrogens is 420 g/mol. The van der Waals surface area contributed by atoms with E-state index in [0.29, 0.717) is 13.1 Å². The highest BCUT2D eigenvalue weighted by molar-refractivity contribution is 5.85. The summed E-state index contributed by atoms with van der Waals surface area (Å²) in [6, 6.07) is 14.8. The quantitative estimate of drug-likeness (QED) is 0.466. The molecule has 1 saturated heterocycles. The average Bonchev–Trinajstić information content (AvgIpc) is 3.25. The third-order valence-electron chi connectivity index (χ3n) is 6.52. The summed E-state index contributed by atoms with van der Waals surface area (Å²) in [6.45, 7) is 3.71. The summed E-state index contributed by atoms with van der Waals surface area (Å²) in [4.78, 5) is 46.1. The summed E-state index contributed by atoms with van der Waals surface area (Å²) in [5, 5.41) is 2.50. The lowest BCUT2D eigenvalue weighted by Crippen LogP contribution is -2.49. The number of nitrogens with zero attached hydrogens (tertiary/aromatic N) is 6. The number of imidazole rings is 1. The highest BCUT2D eigenvalue weighted by Crippen LogP contribution is 2.20. The molecule has 2 aromatic heterocycles. The van der Waals surface area contributed by atoms with Gasteiger partial charge in [0.2, 0.25) is 5.91 Å². The molecule has 3 heterocycles. The Hall–Kier alpha value is -3.72. The van der Waals surface area contributed by atoms with Gasteiger partial charge in [-0.05, 0) is 16.3 Å². The molecule has 9 nitrogen and oxygen atoms in total. The van der Waals surface area contributed by atoms with Gasteiger partial charge in [0.1, 0.15) is 6.54 Å². The number of aromatic nitrogens is 4. The minimum atomic E-state index is -0.446. The van der Waals surface area contributed by atoms with Crippen LogP contribution in [-0.4, -0.2) is 60.6 Å². The van der Waals surface area contributed by atoms with E-state index in [9.17, 15) is 14.4 Å². The highest BCUT2D eigenvalue weighted by atomic mass is 16.2. The molecule has 0 N–H and O–H groups in total. The summed E-state index contributed by atoms with van der Waals surface area (Å²) in [5.74, 6) is -0.0602. The van der Waals surface area contributed by atoms with Crippen molar-refractivity contribution >= 4 is 27.8 Å². The number of benzene rings is 2. The van der Waals surface area contributed by atoms with Crippen LogP contribution in [0.2, 0.25) is 0 Å². The van der Waals surface area contributed by atoms with E-state index in [1.807, 2.05) is 4.90 Å². The molecule has 0 unspecified atom stereocenters. The van der Waals surface area contributed by atoms with Gasteiger partial charge in [-0.15, -0.1) is 0 Å². The summed E-state index contributed by atoms with van der Waals surface area (Å²) in [5.41, 5.74) is 0.960. The van der Waals surface area contributed by atoms with E-state index in [2.05, 4.69) is 52.3 Å². The first kappa shape index (κ1) is 21.1. The van der Waals surface area contributed by atoms with E-state index in [-0.39, 0.29) is 23.6 Å². The summed E-state index contributed by atoms with van der Waals surface area (Å²) < 4.78 is 3.91. The second-order valence-corrected chi connectivity index (χ2v) is 8.55. The van der Waals surface area contributed by atoms with E-state index in [1.165, 1.54) is 34.3 Å². The first-order valence-corrected chi connectivity index (χ1v) is 11.0. The van der Waals surface area contributed by atoms with Crippen LogP contribution in [0.25, 0.3) is 21.9 Å². The summed E-state index contributed by atoms with van der Waals surface area (Å²) >= 11 is 0. The predicted octanol–water partition coefficient (Wildman–Crippen LogP) is 0.931. The maximum Gasteiger partial charge on any atom is 0.332 e. The molecule has 0 aliphatic carbocycles. The van der Waals surface area contributed by atoms with Gasteiger partial charge in [0.05, 0.1) is 6.33 Å². The van der Waals surface area contributed by atoms with Gasteiger partial charge in [-0.3, -0.25) is 23.6 Å². The van der Waals surface area contributed by atoms with Crippen LogP contribution < -0.4 is 11.2 Å². The van der Waals surface area contributed by atoms with E-state index >= 15 is 0 Å². The van der Waals surface area contributed by atoms with Crippen molar-refractivity contribution in [2.45, 2.75) is 13.1 Å². The Morgan fingerprint density at radius 2 is 1.67 bits per heavy atom. The van der Waals surface area contributed by atoms with Gasteiger partial charge in [0, 0.05) is 46.8 Å². The van der Waals surface area contributed by atoms with Crippen LogP contribution in [0, 0.1) is 0 Å². The lowest BCUT2D eigenvalue weighted by molar-refractivity contribution is -0.133. The molecule has 0 radical (unpaired) electrons. The van der Waals surface area contributed by atoms with Crippen molar-refractivity contribution in [3.05, 3.63) is 75.2 Å². The van der Waals surface area contributed by atoms with Gasteiger partial charge >= 0.3 is 5.69 Å². The van der Waals surface area contributed by atoms with Crippen LogP contribution in [0.4, 0.5) is 0 Å². The highest BCUT2D eigenvalue weighted by Gasteiger charge is 2.23. The van der Waals surface area contributed by atoms with Gasteiger partial charge in [-0.2, -0.15) is 0 Å². The number of rotatable bonds is 4. The second kappa shape index (κ2) is 8.32. The Kier molecular flexibility index (Phi) is 5.33. The zero-order chi connectivity index (χ0) is 23.1. The lowest BCUT2D eigenvalue weighted by atomic mass is 10.0. The molecule has 9 heteroatoms. The number of hydrogen-bond donors (Lipinski definition) is 0. The van der Waals surface area contributed by atoms with Crippen molar-refractivity contribution in [3.8, 4) is 0 Å². The lowest BCUT2D eigenvalue weighted by Gasteiger charge is -2.35. The molecule has 1 amide bonds. The number of hydrogen-bond acceptors (Lipinski definition) is 5. The fourth-order valence-corrected chi connectivity index (χ4v) is 4.59. The van der Waals surface area contributed by atoms with E-state index in [1.54, 1.807) is 11.6 Å². The molecule has 1 aliphatic rings. The second-order valence-electron chi connectivity index (χ2n) is 8.55. The molecule has 5 rings (SSSR count). The maximum absolute atomic E-state index is 13.0. The van der Waals surface area contributed by atoms with E-state index < -0.39 is 11.2 Å². The van der Waals surface area contributed by atoms with Gasteiger partial charge in [0.25, 0.3) is 5.56 Å². The first-order chi connectivity index (χ1) is 15.9. The molecule has 0 bridgehead atoms. The maximum atomic E-state index is 13.0. The predicted molar refractivity (Wildman–Crippen MR) is 126 cm³/mol. The number of fused-ring (bicyclic) bond motifs is 2. The summed E-state index contributed by atoms with van der Waals surface area (Å²) in [7, 11) is 3.00. The van der Waals surface area contributed by atoms with Gasteiger partial charge in [-0.1, -0.05) is 42.5 Å². The average molecular weight is 447 g/mol. The Balaban J connectivity index is 1.27. The molecule has 33 heavy (non-hydrogen) atoms. The number of amides is 1. The Morgan fingerprint density at radius 1 is 0.939 bits per heavy atom. The largest absolute Gasteiger partial charge is 0.339 e. The Morgan fingerprint density at radius 3 is 2.45 bits per heavy atom. The number of carbonyl (C=O) groups excluding carboxylic acids is 1. The standard InChI is InChI=1S/C24H26N6O3/c1-26-22-21(23(32)27(2)24(26)33)30(16-25-22)15-20(31)29-12-10-28(11-13-29)14-18-8-5-7-17-6-3-4-9-19(17)18/h3-9,16H,10-15H2,1-2H3. The fourth-order valence-electron chi connectivity index (χ4n) is 4.59. The molecule has 0 atom stereocenters. The summed E-state index contributed by atoms with van der Waals surface area (Å²) in [6.07, 6.45) is 1.46. The van der Waals surface area contributed by atoms with Crippen LogP contribution in [0.3, 0.4) is 0 Å². The number of aryl methyl sites for hydroxylation is 1. The first-order valence-electron chi connectivity index (χ1n) is 11.0. The van der Waals surface area contributed by atoms with Crippen molar-refractivity contribution in [2.24, 2.45) is 14.1 Å². The number of piperazine rings is 1. The molecule has 0 spiro atoms. The molecule has 170 valence electrons. The van der Waals surface area contributed by atoms with Crippen molar-refractivity contribution in [2.75, 3.05) is 26.2 Å². The Bertz CT molecular complexity index is 1470. The topological polar surface area (TPSA) is 85.4 Å². The van der Waals surface area contributed by atoms with E-state index in [4.69, 9.17) is 0 Å². The third kappa shape index (κ3) is 3.74. The Labute approximate surface area is 190 Å². The molecule has 1 fully saturated rings. The van der Waals surface area contributed by atoms with Crippen molar-refractivity contribution in [1.29, 1.82) is 0 Å². The van der Waals surface area contributed by atoms with Gasteiger partial charge in [0.15, 0.2) is 11.2 Å². The van der Waals surface area contributed by atoms with Crippen molar-refractivity contribution < 1.29 is 4.79 Å². The third-order valence-corrected chi connectivity index (χ3v) is 6.52. The van der Waals surface area contributed by atoms with Crippen molar-refractivity contribution in [1.82, 2.24) is 28.5 Å². The molecule has 1 aliphatic heterocycles. The van der Waals surface area contributed by atoms with Crippen LogP contribution in [0.15, 0.2) is 58.4 Å². The zero-order valence-corrected chi connectivity index (χ0v) is 18.8. The van der Waals surface area contributed by atoms with Crippen LogP contribution in [-0.2, 0) is 32.0 Å². The van der Waals surface area contributed by atoms with Crippen LogP contribution >= 0.6 is 0 Å². The normalized spacial score (nSPS) is 14.9. The fraction of sp³-hybridized carbons (Fsp3) is 0.333. The van der Waals surface area contributed by atoms with Gasteiger partial charge < -0.3 is 9.47 Å². The zero-order valence-electron chi connectivity index (χ0n) is 18.8. The molecular formula is C24H26N6O3. The van der Waals surface area contributed by atoms with Crippen LogP contribution in [0.1, 0.15) is 5.56 Å². The van der Waals surface area contributed by atoms with Crippen LogP contribution in [0.5, 0.6) is 0 Å². The minimum Gasteiger partial charge on any atom is -0.339 e. The molecule has 2 aromatic carbocycles.